The molecule has 0 aliphatic rings. The van der Waals surface area contributed by atoms with Crippen LogP contribution in [-0.2, 0) is 0 Å². The first-order chi connectivity index (χ1) is 5.77. The van der Waals surface area contributed by atoms with Crippen molar-refractivity contribution in [2.24, 2.45) is 0 Å². The van der Waals surface area contributed by atoms with Crippen molar-refractivity contribution in [1.29, 1.82) is 0 Å². The van der Waals surface area contributed by atoms with E-state index < -0.39 is 0 Å². The maximum absolute atomic E-state index is 10.9. The minimum absolute atomic E-state index is 0.0935. The zero-order valence-electron chi connectivity index (χ0n) is 6.24. The zero-order chi connectivity index (χ0) is 8.55. The molecule has 0 radical (unpaired) electrons. The topological polar surface area (TPSA) is 32.9 Å². The summed E-state index contributed by atoms with van der Waals surface area (Å²) in [4.78, 5) is 14.5. The van der Waals surface area contributed by atoms with Gasteiger partial charge in [0.25, 0.3) is 0 Å². The third-order valence-corrected chi connectivity index (χ3v) is 2.11. The molecule has 0 aliphatic carbocycles. The van der Waals surface area contributed by atoms with Crippen molar-refractivity contribution in [1.82, 2.24) is 4.98 Å². The maximum atomic E-state index is 10.9. The fourth-order valence-corrected chi connectivity index (χ4v) is 1.43. The Morgan fingerprint density at radius 2 is 2.00 bits per heavy atom. The van der Waals surface area contributed by atoms with E-state index in [1.165, 1.54) is 6.07 Å². The van der Waals surface area contributed by atoms with Gasteiger partial charge in [0.1, 0.15) is 0 Å². The van der Waals surface area contributed by atoms with Crippen LogP contribution in [0.4, 0.5) is 0 Å². The summed E-state index contributed by atoms with van der Waals surface area (Å²) in [6.45, 7) is 0. The first-order valence-corrected chi connectivity index (χ1v) is 4.03. The fraction of sp³-hybridized carbons (Fsp3) is 0. The van der Waals surface area contributed by atoms with E-state index >= 15 is 0 Å². The van der Waals surface area contributed by atoms with Gasteiger partial charge >= 0.3 is 0 Å². The van der Waals surface area contributed by atoms with E-state index in [1.54, 1.807) is 6.07 Å². The molecule has 0 aliphatic heterocycles. The quantitative estimate of drug-likeness (QED) is 0.591. The normalized spacial score (nSPS) is 10.4. The van der Waals surface area contributed by atoms with E-state index in [0.29, 0.717) is 0 Å². The third-order valence-electron chi connectivity index (χ3n) is 1.74. The number of nitrogens with one attached hydrogen (secondary N) is 1. The molecule has 0 atom stereocenters. The van der Waals surface area contributed by atoms with E-state index in [-0.39, 0.29) is 5.56 Å². The second-order valence-electron chi connectivity index (χ2n) is 2.56. The van der Waals surface area contributed by atoms with Crippen LogP contribution in [0.5, 0.6) is 0 Å². The van der Waals surface area contributed by atoms with Crippen molar-refractivity contribution in [3.05, 3.63) is 40.7 Å². The number of thiol groups is 1. The summed E-state index contributed by atoms with van der Waals surface area (Å²) in [5.74, 6) is 0. The van der Waals surface area contributed by atoms with Crippen LogP contribution in [0.15, 0.2) is 40.0 Å². The molecule has 60 valence electrons. The van der Waals surface area contributed by atoms with Crippen LogP contribution >= 0.6 is 12.6 Å². The molecule has 2 nitrogen and oxygen atoms in total. The highest BCUT2D eigenvalue weighted by molar-refractivity contribution is 7.80. The Kier molecular flexibility index (Phi) is 1.66. The number of H-pyrrole nitrogens is 1. The van der Waals surface area contributed by atoms with Crippen molar-refractivity contribution < 1.29 is 0 Å². The number of aromatic amines is 1. The van der Waals surface area contributed by atoms with Crippen LogP contribution in [0.1, 0.15) is 0 Å². The number of hydrogen-bond acceptors (Lipinski definition) is 2. The average Bonchev–Trinajstić information content (AvgIpc) is 2.07. The van der Waals surface area contributed by atoms with Crippen molar-refractivity contribution in [2.45, 2.75) is 4.90 Å². The van der Waals surface area contributed by atoms with Crippen LogP contribution in [0.25, 0.3) is 10.9 Å². The summed E-state index contributed by atoms with van der Waals surface area (Å²) in [7, 11) is 0. The smallest absolute Gasteiger partial charge is 0.248 e. The predicted molar refractivity (Wildman–Crippen MR) is 51.8 cm³/mol. The van der Waals surface area contributed by atoms with Gasteiger partial charge in [0.15, 0.2) is 0 Å². The number of para-hydroxylation sites is 1. The fourth-order valence-electron chi connectivity index (χ4n) is 1.16. The van der Waals surface area contributed by atoms with Gasteiger partial charge in [-0.15, -0.1) is 12.6 Å². The summed E-state index contributed by atoms with van der Waals surface area (Å²) in [6.07, 6.45) is 0. The first kappa shape index (κ1) is 7.43. The number of pyridine rings is 1. The second-order valence-corrected chi connectivity index (χ2v) is 3.05. The third kappa shape index (κ3) is 1.12. The molecule has 0 fully saturated rings. The zero-order valence-corrected chi connectivity index (χ0v) is 7.14. The first-order valence-electron chi connectivity index (χ1n) is 3.58. The molecule has 0 spiro atoms. The molecule has 1 aromatic carbocycles. The lowest BCUT2D eigenvalue weighted by Gasteiger charge is -1.98. The molecule has 0 saturated heterocycles. The highest BCUT2D eigenvalue weighted by Crippen LogP contribution is 2.17. The Morgan fingerprint density at radius 1 is 1.17 bits per heavy atom. The molecular weight excluding hydrogens is 170 g/mol. The molecule has 1 heterocycles. The highest BCUT2D eigenvalue weighted by Gasteiger charge is 1.96. The predicted octanol–water partition coefficient (Wildman–Crippen LogP) is 1.82. The number of fused-ring (bicyclic) bond motifs is 1. The van der Waals surface area contributed by atoms with Gasteiger partial charge in [-0.25, -0.2) is 0 Å². The standard InChI is InChI=1S/C9H7NOS/c11-8-5-4-6-2-1-3-7(12)9(6)10-8/h1-5,12H,(H,10,11). The molecule has 12 heavy (non-hydrogen) atoms. The molecule has 0 bridgehead atoms. The van der Waals surface area contributed by atoms with Crippen molar-refractivity contribution >= 4 is 23.5 Å². The van der Waals surface area contributed by atoms with Crippen LogP contribution in [-0.4, -0.2) is 4.98 Å². The monoisotopic (exact) mass is 177 g/mol. The maximum Gasteiger partial charge on any atom is 0.248 e. The van der Waals surface area contributed by atoms with Crippen molar-refractivity contribution in [3.8, 4) is 0 Å². The lowest BCUT2D eigenvalue weighted by molar-refractivity contribution is 1.27. The van der Waals surface area contributed by atoms with E-state index in [1.807, 2.05) is 18.2 Å². The molecule has 0 saturated carbocycles. The molecule has 1 aromatic heterocycles. The lowest BCUT2D eigenvalue weighted by atomic mass is 10.2. The lowest BCUT2D eigenvalue weighted by Crippen LogP contribution is -2.02. The van der Waals surface area contributed by atoms with Gasteiger partial charge in [-0.3, -0.25) is 4.79 Å². The summed E-state index contributed by atoms with van der Waals surface area (Å²) >= 11 is 4.23. The molecule has 0 unspecified atom stereocenters. The summed E-state index contributed by atoms with van der Waals surface area (Å²) in [5, 5.41) is 1.00. The molecule has 1 N–H and O–H groups in total. The van der Waals surface area contributed by atoms with Crippen LogP contribution in [0.2, 0.25) is 0 Å². The Hall–Kier alpha value is -1.22. The van der Waals surface area contributed by atoms with Crippen molar-refractivity contribution in [2.75, 3.05) is 0 Å². The largest absolute Gasteiger partial charge is 0.321 e. The number of benzene rings is 1. The van der Waals surface area contributed by atoms with Gasteiger partial charge in [0.2, 0.25) is 5.56 Å². The van der Waals surface area contributed by atoms with E-state index in [2.05, 4.69) is 17.6 Å². The van der Waals surface area contributed by atoms with E-state index in [4.69, 9.17) is 0 Å². The van der Waals surface area contributed by atoms with Gasteiger partial charge in [0, 0.05) is 11.0 Å². The summed E-state index contributed by atoms with van der Waals surface area (Å²) < 4.78 is 0. The number of aromatic nitrogens is 1. The average molecular weight is 177 g/mol. The molecule has 3 heteroatoms. The van der Waals surface area contributed by atoms with Crippen molar-refractivity contribution in [3.63, 3.8) is 0 Å². The summed E-state index contributed by atoms with van der Waals surface area (Å²) in [5.41, 5.74) is 0.706. The number of hydrogen-bond donors (Lipinski definition) is 2. The Morgan fingerprint density at radius 3 is 2.83 bits per heavy atom. The highest BCUT2D eigenvalue weighted by atomic mass is 32.1. The van der Waals surface area contributed by atoms with E-state index in [9.17, 15) is 4.79 Å². The van der Waals surface area contributed by atoms with Gasteiger partial charge in [-0.05, 0) is 17.5 Å². The Bertz CT molecular complexity index is 475. The van der Waals surface area contributed by atoms with Crippen LogP contribution < -0.4 is 5.56 Å². The molecule has 2 rings (SSSR count). The second kappa shape index (κ2) is 2.68. The summed E-state index contributed by atoms with van der Waals surface area (Å²) in [6, 6.07) is 8.98. The number of rotatable bonds is 0. The molecular formula is C9H7NOS. The van der Waals surface area contributed by atoms with Crippen LogP contribution in [0, 0.1) is 0 Å². The van der Waals surface area contributed by atoms with Crippen LogP contribution in [0.3, 0.4) is 0 Å². The van der Waals surface area contributed by atoms with Gasteiger partial charge in [-0.1, -0.05) is 12.1 Å². The minimum Gasteiger partial charge on any atom is -0.321 e. The van der Waals surface area contributed by atoms with E-state index in [0.717, 1.165) is 15.8 Å². The Labute approximate surface area is 74.6 Å². The van der Waals surface area contributed by atoms with Gasteiger partial charge in [-0.2, -0.15) is 0 Å². The van der Waals surface area contributed by atoms with Gasteiger partial charge < -0.3 is 4.98 Å². The molecule has 0 amide bonds. The van der Waals surface area contributed by atoms with Gasteiger partial charge in [0.05, 0.1) is 5.52 Å². The SMILES string of the molecule is O=c1ccc2cccc(S)c2[nH]1. The Balaban J connectivity index is 2.97. The molecule has 2 aromatic rings. The minimum atomic E-state index is -0.0935.